The predicted molar refractivity (Wildman–Crippen MR) is 98.3 cm³/mol. The molecule has 132 valence electrons. The summed E-state index contributed by atoms with van der Waals surface area (Å²) in [5, 5.41) is -0.0330. The van der Waals surface area contributed by atoms with Crippen LogP contribution in [0.5, 0.6) is 17.2 Å². The minimum atomic E-state index is -0.0330. The van der Waals surface area contributed by atoms with Crippen molar-refractivity contribution in [2.45, 2.75) is 11.9 Å². The van der Waals surface area contributed by atoms with E-state index in [4.69, 9.17) is 14.2 Å². The summed E-state index contributed by atoms with van der Waals surface area (Å²) in [6, 6.07) is 13.6. The molecule has 0 saturated carbocycles. The summed E-state index contributed by atoms with van der Waals surface area (Å²) in [5.41, 5.74) is 2.10. The third-order valence-electron chi connectivity index (χ3n) is 4.17. The molecule has 1 saturated heterocycles. The molecule has 5 nitrogen and oxygen atoms in total. The second-order valence-corrected chi connectivity index (χ2v) is 6.72. The van der Waals surface area contributed by atoms with Crippen LogP contribution in [0, 0.1) is 0 Å². The molecule has 2 aromatic carbocycles. The van der Waals surface area contributed by atoms with Gasteiger partial charge in [0.2, 0.25) is 5.91 Å². The van der Waals surface area contributed by atoms with Gasteiger partial charge in [0, 0.05) is 6.54 Å². The van der Waals surface area contributed by atoms with Crippen molar-refractivity contribution in [1.29, 1.82) is 0 Å². The van der Waals surface area contributed by atoms with E-state index in [1.165, 1.54) is 0 Å². The number of hydrogen-bond donors (Lipinski definition) is 0. The number of carbonyl (C=O) groups excluding carboxylic acids is 1. The highest BCUT2D eigenvalue weighted by Crippen LogP contribution is 2.42. The largest absolute Gasteiger partial charge is 0.497 e. The van der Waals surface area contributed by atoms with Crippen molar-refractivity contribution in [1.82, 2.24) is 4.90 Å². The molecule has 1 heterocycles. The van der Waals surface area contributed by atoms with Gasteiger partial charge in [-0.25, -0.2) is 0 Å². The third kappa shape index (κ3) is 3.69. The number of nitrogens with zero attached hydrogens (tertiary/aromatic N) is 1. The van der Waals surface area contributed by atoms with Crippen molar-refractivity contribution in [2.24, 2.45) is 0 Å². The molecular weight excluding hydrogens is 338 g/mol. The maximum atomic E-state index is 12.4. The maximum absolute atomic E-state index is 12.4. The van der Waals surface area contributed by atoms with Crippen LogP contribution in [-0.2, 0) is 11.3 Å². The lowest BCUT2D eigenvalue weighted by atomic mass is 10.1. The molecule has 0 aliphatic carbocycles. The Morgan fingerprint density at radius 3 is 2.36 bits per heavy atom. The zero-order chi connectivity index (χ0) is 17.8. The predicted octanol–water partition coefficient (Wildman–Crippen LogP) is 3.49. The number of benzene rings is 2. The quantitative estimate of drug-likeness (QED) is 0.790. The Morgan fingerprint density at radius 1 is 1.00 bits per heavy atom. The highest BCUT2D eigenvalue weighted by Gasteiger charge is 2.33. The number of carbonyl (C=O) groups is 1. The van der Waals surface area contributed by atoms with E-state index >= 15 is 0 Å². The highest BCUT2D eigenvalue weighted by atomic mass is 32.2. The van der Waals surface area contributed by atoms with Gasteiger partial charge >= 0.3 is 0 Å². The van der Waals surface area contributed by atoms with Gasteiger partial charge in [0.05, 0.1) is 27.1 Å². The number of amides is 1. The second-order valence-electron chi connectivity index (χ2n) is 5.65. The fourth-order valence-corrected chi connectivity index (χ4v) is 4.01. The first kappa shape index (κ1) is 17.5. The van der Waals surface area contributed by atoms with E-state index in [0.717, 1.165) is 16.9 Å². The Labute approximate surface area is 151 Å². The summed E-state index contributed by atoms with van der Waals surface area (Å²) in [5.74, 6) is 2.78. The van der Waals surface area contributed by atoms with Gasteiger partial charge < -0.3 is 19.1 Å². The van der Waals surface area contributed by atoms with Gasteiger partial charge in [-0.15, -0.1) is 11.8 Å². The molecule has 0 aromatic heterocycles. The average molecular weight is 359 g/mol. The van der Waals surface area contributed by atoms with Crippen molar-refractivity contribution in [3.05, 3.63) is 53.6 Å². The SMILES string of the molecule is COc1ccc(CN2C(=O)CS[C@@H]2c2ccc(OC)c(OC)c2)cc1. The minimum absolute atomic E-state index is 0.0330. The Morgan fingerprint density at radius 2 is 1.72 bits per heavy atom. The molecule has 0 spiro atoms. The molecule has 1 amide bonds. The van der Waals surface area contributed by atoms with Crippen LogP contribution in [0.3, 0.4) is 0 Å². The topological polar surface area (TPSA) is 48.0 Å². The monoisotopic (exact) mass is 359 g/mol. The second kappa shape index (κ2) is 7.70. The molecule has 0 N–H and O–H groups in total. The summed E-state index contributed by atoms with van der Waals surface area (Å²) in [4.78, 5) is 14.3. The molecule has 1 aliphatic heterocycles. The molecule has 25 heavy (non-hydrogen) atoms. The number of rotatable bonds is 6. The average Bonchev–Trinajstić information content (AvgIpc) is 3.02. The maximum Gasteiger partial charge on any atom is 0.234 e. The normalized spacial score (nSPS) is 16.8. The molecule has 2 aromatic rings. The zero-order valence-electron chi connectivity index (χ0n) is 14.5. The molecular formula is C19H21NO4S. The molecule has 3 rings (SSSR count). The van der Waals surface area contributed by atoms with E-state index in [0.29, 0.717) is 23.8 Å². The molecule has 0 unspecified atom stereocenters. The summed E-state index contributed by atoms with van der Waals surface area (Å²) < 4.78 is 15.9. The Hall–Kier alpha value is -2.34. The van der Waals surface area contributed by atoms with Crippen LogP contribution in [0.4, 0.5) is 0 Å². The first-order chi connectivity index (χ1) is 12.2. The fraction of sp³-hybridized carbons (Fsp3) is 0.316. The molecule has 0 bridgehead atoms. The molecule has 1 aliphatic rings. The van der Waals surface area contributed by atoms with E-state index in [1.54, 1.807) is 33.1 Å². The lowest BCUT2D eigenvalue weighted by molar-refractivity contribution is -0.128. The summed E-state index contributed by atoms with van der Waals surface area (Å²) >= 11 is 1.63. The van der Waals surface area contributed by atoms with Crippen LogP contribution in [0.15, 0.2) is 42.5 Å². The van der Waals surface area contributed by atoms with Crippen LogP contribution in [0.2, 0.25) is 0 Å². The lowest BCUT2D eigenvalue weighted by Crippen LogP contribution is -2.27. The van der Waals surface area contributed by atoms with Crippen LogP contribution >= 0.6 is 11.8 Å². The third-order valence-corrected chi connectivity index (χ3v) is 5.43. The van der Waals surface area contributed by atoms with Crippen molar-refractivity contribution < 1.29 is 19.0 Å². The van der Waals surface area contributed by atoms with Gasteiger partial charge in [-0.1, -0.05) is 18.2 Å². The van der Waals surface area contributed by atoms with Crippen LogP contribution in [0.1, 0.15) is 16.5 Å². The van der Waals surface area contributed by atoms with Gasteiger partial charge in [-0.2, -0.15) is 0 Å². The summed E-state index contributed by atoms with van der Waals surface area (Å²) in [7, 11) is 4.87. The first-order valence-electron chi connectivity index (χ1n) is 7.92. The Bertz CT molecular complexity index is 748. The highest BCUT2D eigenvalue weighted by molar-refractivity contribution is 8.00. The standard InChI is InChI=1S/C19H21NO4S/c1-22-15-7-4-13(5-8-15)11-20-18(21)12-25-19(20)14-6-9-16(23-2)17(10-14)24-3/h4-10,19H,11-12H2,1-3H3/t19-/m1/s1. The van der Waals surface area contributed by atoms with Crippen molar-refractivity contribution >= 4 is 17.7 Å². The Balaban J connectivity index is 1.83. The van der Waals surface area contributed by atoms with Crippen molar-refractivity contribution in [3.63, 3.8) is 0 Å². The van der Waals surface area contributed by atoms with Crippen LogP contribution in [0.25, 0.3) is 0 Å². The minimum Gasteiger partial charge on any atom is -0.497 e. The number of methoxy groups -OCH3 is 3. The number of ether oxygens (including phenoxy) is 3. The van der Waals surface area contributed by atoms with Crippen molar-refractivity contribution in [3.8, 4) is 17.2 Å². The van der Waals surface area contributed by atoms with E-state index in [9.17, 15) is 4.79 Å². The van der Waals surface area contributed by atoms with E-state index in [-0.39, 0.29) is 11.3 Å². The molecule has 6 heteroatoms. The van der Waals surface area contributed by atoms with Gasteiger partial charge in [0.25, 0.3) is 0 Å². The van der Waals surface area contributed by atoms with E-state index in [2.05, 4.69) is 0 Å². The number of thioether (sulfide) groups is 1. The summed E-state index contributed by atoms with van der Waals surface area (Å²) in [6.45, 7) is 0.564. The first-order valence-corrected chi connectivity index (χ1v) is 8.97. The molecule has 1 atom stereocenters. The van der Waals surface area contributed by atoms with Gasteiger partial charge in [-0.05, 0) is 35.4 Å². The van der Waals surface area contributed by atoms with Gasteiger partial charge in [0.1, 0.15) is 11.1 Å². The van der Waals surface area contributed by atoms with E-state index in [1.807, 2.05) is 47.4 Å². The Kier molecular flexibility index (Phi) is 5.38. The number of hydrogen-bond acceptors (Lipinski definition) is 5. The lowest BCUT2D eigenvalue weighted by Gasteiger charge is -2.25. The smallest absolute Gasteiger partial charge is 0.234 e. The van der Waals surface area contributed by atoms with Crippen molar-refractivity contribution in [2.75, 3.05) is 27.1 Å². The van der Waals surface area contributed by atoms with E-state index < -0.39 is 0 Å². The van der Waals surface area contributed by atoms with Gasteiger partial charge in [0.15, 0.2) is 11.5 Å². The zero-order valence-corrected chi connectivity index (χ0v) is 15.3. The summed E-state index contributed by atoms with van der Waals surface area (Å²) in [6.07, 6.45) is 0. The molecule has 1 fully saturated rings. The van der Waals surface area contributed by atoms with Crippen LogP contribution in [-0.4, -0.2) is 37.9 Å². The van der Waals surface area contributed by atoms with Gasteiger partial charge in [-0.3, -0.25) is 4.79 Å². The van der Waals surface area contributed by atoms with Crippen LogP contribution < -0.4 is 14.2 Å². The molecule has 0 radical (unpaired) electrons. The fourth-order valence-electron chi connectivity index (χ4n) is 2.84.